The average Bonchev–Trinajstić information content (AvgIpc) is 2.15. The zero-order valence-corrected chi connectivity index (χ0v) is 7.58. The number of rotatable bonds is 4. The maximum atomic E-state index is 5.20. The van der Waals surface area contributed by atoms with Gasteiger partial charge in [-0.3, -0.25) is 0 Å². The van der Waals surface area contributed by atoms with Gasteiger partial charge < -0.3 is 4.74 Å². The maximum absolute atomic E-state index is 5.20. The standard InChI is InChI=1S/C10H14NO/c1-11-8-7-9-5-3-4-6-10(9)12-2/h3-6H,7-8H2,1-2H3. The van der Waals surface area contributed by atoms with Gasteiger partial charge in [0, 0.05) is 13.6 Å². The van der Waals surface area contributed by atoms with Gasteiger partial charge in [0.15, 0.2) is 0 Å². The minimum Gasteiger partial charge on any atom is -0.496 e. The zero-order valence-electron chi connectivity index (χ0n) is 7.58. The van der Waals surface area contributed by atoms with Gasteiger partial charge in [-0.2, -0.15) is 0 Å². The Bertz CT molecular complexity index is 235. The molecule has 0 aliphatic rings. The number of benzene rings is 1. The van der Waals surface area contributed by atoms with E-state index in [1.807, 2.05) is 25.2 Å². The summed E-state index contributed by atoms with van der Waals surface area (Å²) in [7, 11) is 3.53. The molecule has 0 heterocycles. The summed E-state index contributed by atoms with van der Waals surface area (Å²) in [6.07, 6.45) is 0.959. The van der Waals surface area contributed by atoms with Crippen LogP contribution in [-0.2, 0) is 6.42 Å². The molecular weight excluding hydrogens is 150 g/mol. The van der Waals surface area contributed by atoms with E-state index in [1.54, 1.807) is 7.11 Å². The molecule has 0 saturated carbocycles. The monoisotopic (exact) mass is 164 g/mol. The fraction of sp³-hybridized carbons (Fsp3) is 0.400. The van der Waals surface area contributed by atoms with Crippen molar-refractivity contribution in [3.8, 4) is 5.75 Å². The van der Waals surface area contributed by atoms with Gasteiger partial charge in [-0.05, 0) is 18.1 Å². The van der Waals surface area contributed by atoms with Gasteiger partial charge in [0.2, 0.25) is 0 Å². The highest BCUT2D eigenvalue weighted by molar-refractivity contribution is 5.33. The van der Waals surface area contributed by atoms with E-state index in [0.717, 1.165) is 18.7 Å². The molecule has 1 aromatic rings. The Balaban J connectivity index is 2.68. The van der Waals surface area contributed by atoms with Crippen molar-refractivity contribution in [2.24, 2.45) is 0 Å². The largest absolute Gasteiger partial charge is 0.496 e. The van der Waals surface area contributed by atoms with Gasteiger partial charge in [0.05, 0.1) is 7.11 Å². The highest BCUT2D eigenvalue weighted by atomic mass is 16.5. The fourth-order valence-electron chi connectivity index (χ4n) is 1.14. The fourth-order valence-corrected chi connectivity index (χ4v) is 1.14. The molecule has 2 nitrogen and oxygen atoms in total. The van der Waals surface area contributed by atoms with E-state index in [4.69, 9.17) is 4.74 Å². The molecule has 65 valence electrons. The van der Waals surface area contributed by atoms with Crippen LogP contribution in [0.25, 0.3) is 0 Å². The van der Waals surface area contributed by atoms with Crippen molar-refractivity contribution >= 4 is 0 Å². The minimum atomic E-state index is 0.861. The summed E-state index contributed by atoms with van der Waals surface area (Å²) >= 11 is 0. The van der Waals surface area contributed by atoms with Gasteiger partial charge >= 0.3 is 0 Å². The summed E-state index contributed by atoms with van der Waals surface area (Å²) in [6, 6.07) is 8.05. The predicted octanol–water partition coefficient (Wildman–Crippen LogP) is 1.47. The number of likely N-dealkylation sites (N-methyl/N-ethyl adjacent to an activating group) is 1. The van der Waals surface area contributed by atoms with E-state index in [0.29, 0.717) is 0 Å². The van der Waals surface area contributed by atoms with Crippen LogP contribution >= 0.6 is 0 Å². The van der Waals surface area contributed by atoms with E-state index in [1.165, 1.54) is 5.56 Å². The van der Waals surface area contributed by atoms with E-state index < -0.39 is 0 Å². The molecule has 1 rings (SSSR count). The van der Waals surface area contributed by atoms with Crippen LogP contribution in [-0.4, -0.2) is 20.7 Å². The van der Waals surface area contributed by atoms with E-state index in [-0.39, 0.29) is 0 Å². The molecule has 0 unspecified atom stereocenters. The van der Waals surface area contributed by atoms with Crippen LogP contribution < -0.4 is 10.1 Å². The molecule has 0 atom stereocenters. The van der Waals surface area contributed by atoms with Crippen molar-refractivity contribution in [3.63, 3.8) is 0 Å². The lowest BCUT2D eigenvalue weighted by atomic mass is 10.1. The first-order chi connectivity index (χ1) is 5.88. The third-order valence-electron chi connectivity index (χ3n) is 1.80. The summed E-state index contributed by atoms with van der Waals surface area (Å²) in [5, 5.41) is 4.05. The number of hydrogen-bond acceptors (Lipinski definition) is 1. The number of methoxy groups -OCH3 is 1. The van der Waals surface area contributed by atoms with E-state index >= 15 is 0 Å². The highest BCUT2D eigenvalue weighted by Crippen LogP contribution is 2.16. The Kier molecular flexibility index (Phi) is 3.61. The SMILES string of the molecule is C[N]CCc1ccccc1OC. The van der Waals surface area contributed by atoms with Crippen molar-refractivity contribution in [2.75, 3.05) is 20.7 Å². The molecule has 0 saturated heterocycles. The predicted molar refractivity (Wildman–Crippen MR) is 49.6 cm³/mol. The first-order valence-electron chi connectivity index (χ1n) is 4.06. The third kappa shape index (κ3) is 2.24. The lowest BCUT2D eigenvalue weighted by molar-refractivity contribution is 0.409. The van der Waals surface area contributed by atoms with Gasteiger partial charge in [-0.25, -0.2) is 5.32 Å². The Morgan fingerprint density at radius 2 is 2.08 bits per heavy atom. The molecule has 1 aromatic carbocycles. The van der Waals surface area contributed by atoms with Crippen molar-refractivity contribution in [2.45, 2.75) is 6.42 Å². The van der Waals surface area contributed by atoms with Crippen LogP contribution in [0.3, 0.4) is 0 Å². The van der Waals surface area contributed by atoms with E-state index in [9.17, 15) is 0 Å². The summed E-state index contributed by atoms with van der Waals surface area (Å²) in [5.74, 6) is 0.959. The molecule has 0 amide bonds. The number of nitrogens with zero attached hydrogens (tertiary/aromatic N) is 1. The Morgan fingerprint density at radius 1 is 1.33 bits per heavy atom. The lowest BCUT2D eigenvalue weighted by Crippen LogP contribution is -2.04. The van der Waals surface area contributed by atoms with Crippen molar-refractivity contribution in [3.05, 3.63) is 29.8 Å². The second kappa shape index (κ2) is 4.78. The molecule has 0 spiro atoms. The number of hydrogen-bond donors (Lipinski definition) is 0. The van der Waals surface area contributed by atoms with Crippen LogP contribution in [0.1, 0.15) is 5.56 Å². The van der Waals surface area contributed by atoms with Crippen LogP contribution in [0.5, 0.6) is 5.75 Å². The topological polar surface area (TPSA) is 23.3 Å². The van der Waals surface area contributed by atoms with Gasteiger partial charge in [0.1, 0.15) is 5.75 Å². The smallest absolute Gasteiger partial charge is 0.122 e. The van der Waals surface area contributed by atoms with Crippen molar-refractivity contribution in [1.29, 1.82) is 0 Å². The maximum Gasteiger partial charge on any atom is 0.122 e. The molecule has 0 bridgehead atoms. The van der Waals surface area contributed by atoms with Gasteiger partial charge in [-0.15, -0.1) is 0 Å². The van der Waals surface area contributed by atoms with Crippen molar-refractivity contribution in [1.82, 2.24) is 5.32 Å². The summed E-state index contributed by atoms with van der Waals surface area (Å²) < 4.78 is 5.20. The first kappa shape index (κ1) is 9.07. The van der Waals surface area contributed by atoms with Crippen LogP contribution in [0, 0.1) is 0 Å². The average molecular weight is 164 g/mol. The molecule has 0 N–H and O–H groups in total. The van der Waals surface area contributed by atoms with Gasteiger partial charge in [-0.1, -0.05) is 18.2 Å². The molecule has 2 heteroatoms. The third-order valence-corrected chi connectivity index (χ3v) is 1.80. The summed E-state index contributed by atoms with van der Waals surface area (Å²) in [5.41, 5.74) is 1.23. The first-order valence-corrected chi connectivity index (χ1v) is 4.06. The summed E-state index contributed by atoms with van der Waals surface area (Å²) in [4.78, 5) is 0. The number of ether oxygens (including phenoxy) is 1. The second-order valence-electron chi connectivity index (χ2n) is 2.60. The normalized spacial score (nSPS) is 9.83. The number of para-hydroxylation sites is 1. The second-order valence-corrected chi connectivity index (χ2v) is 2.60. The summed E-state index contributed by atoms with van der Waals surface area (Å²) in [6.45, 7) is 0.861. The molecule has 0 aliphatic heterocycles. The van der Waals surface area contributed by atoms with Gasteiger partial charge in [0.25, 0.3) is 0 Å². The van der Waals surface area contributed by atoms with Crippen molar-refractivity contribution < 1.29 is 4.74 Å². The molecule has 0 aliphatic carbocycles. The molecule has 1 radical (unpaired) electrons. The van der Waals surface area contributed by atoms with Crippen LogP contribution in [0.15, 0.2) is 24.3 Å². The quantitative estimate of drug-likeness (QED) is 0.661. The lowest BCUT2D eigenvalue weighted by Gasteiger charge is -2.06. The minimum absolute atomic E-state index is 0.861. The van der Waals surface area contributed by atoms with E-state index in [2.05, 4.69) is 11.4 Å². The van der Waals surface area contributed by atoms with Crippen LogP contribution in [0.4, 0.5) is 0 Å². The molecule has 0 fully saturated rings. The Labute approximate surface area is 73.6 Å². The highest BCUT2D eigenvalue weighted by Gasteiger charge is 1.99. The Hall–Kier alpha value is -1.02. The molecular formula is C10H14NO. The Morgan fingerprint density at radius 3 is 2.75 bits per heavy atom. The van der Waals surface area contributed by atoms with Crippen LogP contribution in [0.2, 0.25) is 0 Å². The molecule has 0 aromatic heterocycles. The zero-order chi connectivity index (χ0) is 8.81. The molecule has 12 heavy (non-hydrogen) atoms.